The largest absolute Gasteiger partial charge is 0.388 e. The lowest BCUT2D eigenvalue weighted by Crippen LogP contribution is -2.25. The molecule has 0 radical (unpaired) electrons. The van der Waals surface area contributed by atoms with E-state index in [2.05, 4.69) is 15.4 Å². The third kappa shape index (κ3) is 3.19. The van der Waals surface area contributed by atoms with Crippen molar-refractivity contribution in [3.8, 4) is 23.0 Å². The van der Waals surface area contributed by atoms with E-state index in [1.54, 1.807) is 25.4 Å². The van der Waals surface area contributed by atoms with Gasteiger partial charge in [0.1, 0.15) is 11.9 Å². The molecule has 5 rings (SSSR count). The first-order chi connectivity index (χ1) is 15.5. The predicted octanol–water partition coefficient (Wildman–Crippen LogP) is 1.38. The van der Waals surface area contributed by atoms with Crippen LogP contribution in [-0.2, 0) is 11.3 Å². The lowest BCUT2D eigenvalue weighted by atomic mass is 10.0. The number of aromatic nitrogens is 3. The molecule has 1 fully saturated rings. The zero-order valence-electron chi connectivity index (χ0n) is 17.1. The fraction of sp³-hybridized carbons (Fsp3) is 0.273. The monoisotopic (exact) mass is 434 g/mol. The molecule has 32 heavy (non-hydrogen) atoms. The van der Waals surface area contributed by atoms with Crippen LogP contribution in [0.2, 0.25) is 0 Å². The Balaban J connectivity index is 1.61. The van der Waals surface area contributed by atoms with Gasteiger partial charge in [0.25, 0.3) is 5.91 Å². The maximum absolute atomic E-state index is 14.7. The highest BCUT2D eigenvalue weighted by Gasteiger charge is 2.33. The Morgan fingerprint density at radius 2 is 2.16 bits per heavy atom. The third-order valence-electron chi connectivity index (χ3n) is 5.79. The van der Waals surface area contributed by atoms with Gasteiger partial charge in [-0.25, -0.2) is 14.1 Å². The van der Waals surface area contributed by atoms with Crippen molar-refractivity contribution in [3.63, 3.8) is 0 Å². The van der Waals surface area contributed by atoms with Gasteiger partial charge in [0.2, 0.25) is 0 Å². The lowest BCUT2D eigenvalue weighted by molar-refractivity contribution is 0.0217. The number of benzene rings is 1. The highest BCUT2D eigenvalue weighted by atomic mass is 19.1. The molecule has 1 saturated heterocycles. The average molecular weight is 434 g/mol. The van der Waals surface area contributed by atoms with Crippen molar-refractivity contribution in [1.29, 1.82) is 5.26 Å². The molecule has 0 spiro atoms. The Kier molecular flexibility index (Phi) is 4.84. The SMILES string of the molecule is CO[C@H]1CN(c2ccn(-c3cc(-c4c(F)cccc4C#N)nc4c3C(=O)NC4)n2)C[C@H]1O. The number of aliphatic hydroxyl groups is 1. The molecule has 0 unspecified atom stereocenters. The molecule has 1 aromatic carbocycles. The number of methoxy groups -OCH3 is 1. The van der Waals surface area contributed by atoms with Crippen LogP contribution < -0.4 is 10.2 Å². The first-order valence-electron chi connectivity index (χ1n) is 10.0. The molecule has 0 saturated carbocycles. The number of rotatable bonds is 4. The lowest BCUT2D eigenvalue weighted by Gasteiger charge is -2.15. The van der Waals surface area contributed by atoms with Crippen molar-refractivity contribution in [2.45, 2.75) is 18.8 Å². The smallest absolute Gasteiger partial charge is 0.255 e. The summed E-state index contributed by atoms with van der Waals surface area (Å²) < 4.78 is 21.5. The molecule has 162 valence electrons. The van der Waals surface area contributed by atoms with Gasteiger partial charge in [0, 0.05) is 32.5 Å². The van der Waals surface area contributed by atoms with Gasteiger partial charge < -0.3 is 20.1 Å². The van der Waals surface area contributed by atoms with Gasteiger partial charge in [0.15, 0.2) is 5.82 Å². The molecule has 1 amide bonds. The van der Waals surface area contributed by atoms with Crippen LogP contribution in [0.25, 0.3) is 16.9 Å². The van der Waals surface area contributed by atoms with E-state index in [1.165, 1.54) is 22.9 Å². The number of carbonyl (C=O) groups is 1. The summed E-state index contributed by atoms with van der Waals surface area (Å²) >= 11 is 0. The number of hydrogen-bond donors (Lipinski definition) is 2. The number of hydrogen-bond acceptors (Lipinski definition) is 7. The molecule has 9 nitrogen and oxygen atoms in total. The molecule has 2 aromatic heterocycles. The molecule has 2 aliphatic rings. The molecular formula is C22H19FN6O3. The molecule has 10 heteroatoms. The number of halogens is 1. The number of amides is 1. The van der Waals surface area contributed by atoms with E-state index in [9.17, 15) is 19.6 Å². The summed E-state index contributed by atoms with van der Waals surface area (Å²) in [5.41, 5.74) is 1.73. The summed E-state index contributed by atoms with van der Waals surface area (Å²) in [4.78, 5) is 18.9. The first kappa shape index (κ1) is 20.1. The number of ether oxygens (including phenoxy) is 1. The van der Waals surface area contributed by atoms with Gasteiger partial charge in [-0.05, 0) is 18.2 Å². The molecule has 2 atom stereocenters. The predicted molar refractivity (Wildman–Crippen MR) is 112 cm³/mol. The number of nitrogens with one attached hydrogen (secondary N) is 1. The average Bonchev–Trinajstić information content (AvgIpc) is 3.51. The van der Waals surface area contributed by atoms with Crippen LogP contribution in [0.1, 0.15) is 21.6 Å². The molecule has 0 aliphatic carbocycles. The second-order valence-electron chi connectivity index (χ2n) is 7.67. The molecule has 0 bridgehead atoms. The van der Waals surface area contributed by atoms with Gasteiger partial charge in [-0.3, -0.25) is 4.79 Å². The second-order valence-corrected chi connectivity index (χ2v) is 7.67. The Morgan fingerprint density at radius 3 is 2.91 bits per heavy atom. The van der Waals surface area contributed by atoms with E-state index in [1.807, 2.05) is 11.0 Å². The van der Waals surface area contributed by atoms with Gasteiger partial charge in [-0.1, -0.05) is 6.07 Å². The van der Waals surface area contributed by atoms with Gasteiger partial charge >= 0.3 is 0 Å². The van der Waals surface area contributed by atoms with E-state index in [0.29, 0.717) is 35.9 Å². The summed E-state index contributed by atoms with van der Waals surface area (Å²) in [6, 6.07) is 9.59. The van der Waals surface area contributed by atoms with Crippen LogP contribution in [-0.4, -0.2) is 58.2 Å². The van der Waals surface area contributed by atoms with Crippen LogP contribution >= 0.6 is 0 Å². The Bertz CT molecular complexity index is 1270. The number of aliphatic hydroxyl groups excluding tert-OH is 1. The Hall–Kier alpha value is -3.81. The van der Waals surface area contributed by atoms with Crippen LogP contribution in [0, 0.1) is 17.1 Å². The minimum absolute atomic E-state index is 0.0800. The fourth-order valence-corrected chi connectivity index (χ4v) is 4.19. The van der Waals surface area contributed by atoms with Crippen LogP contribution in [0.4, 0.5) is 10.2 Å². The van der Waals surface area contributed by atoms with Crippen molar-refractivity contribution < 1.29 is 19.0 Å². The molecule has 2 N–H and O–H groups in total. The van der Waals surface area contributed by atoms with Crippen LogP contribution in [0.15, 0.2) is 36.5 Å². The summed E-state index contributed by atoms with van der Waals surface area (Å²) in [5, 5.41) is 26.9. The maximum atomic E-state index is 14.7. The number of carbonyl (C=O) groups excluding carboxylic acids is 1. The second kappa shape index (κ2) is 7.71. The number of nitriles is 1. The zero-order chi connectivity index (χ0) is 22.4. The van der Waals surface area contributed by atoms with Crippen molar-refractivity contribution in [2.24, 2.45) is 0 Å². The highest BCUT2D eigenvalue weighted by molar-refractivity contribution is 6.01. The number of fused-ring (bicyclic) bond motifs is 1. The number of nitrogens with zero attached hydrogens (tertiary/aromatic N) is 5. The summed E-state index contributed by atoms with van der Waals surface area (Å²) in [5.74, 6) is -0.258. The minimum Gasteiger partial charge on any atom is -0.388 e. The summed E-state index contributed by atoms with van der Waals surface area (Å²) in [6.07, 6.45) is 0.755. The number of anilines is 1. The zero-order valence-corrected chi connectivity index (χ0v) is 17.1. The van der Waals surface area contributed by atoms with Crippen LogP contribution in [0.5, 0.6) is 0 Å². The normalized spacial score (nSPS) is 19.7. The molecule has 3 aromatic rings. The Labute approximate surface area is 182 Å². The molecule has 2 aliphatic heterocycles. The topological polar surface area (TPSA) is 116 Å². The fourth-order valence-electron chi connectivity index (χ4n) is 4.19. The van der Waals surface area contributed by atoms with Gasteiger partial charge in [-0.15, -0.1) is 0 Å². The number of β-amino-alcohol motifs (C(OH)–C–C–N with tert-alkyl or cyclic N) is 1. The van der Waals surface area contributed by atoms with Crippen molar-refractivity contribution in [3.05, 3.63) is 59.2 Å². The summed E-state index contributed by atoms with van der Waals surface area (Å²) in [7, 11) is 1.55. The van der Waals surface area contributed by atoms with Gasteiger partial charge in [-0.2, -0.15) is 10.4 Å². The minimum atomic E-state index is -0.627. The van der Waals surface area contributed by atoms with E-state index in [-0.39, 0.29) is 35.4 Å². The van der Waals surface area contributed by atoms with Crippen molar-refractivity contribution in [1.82, 2.24) is 20.1 Å². The summed E-state index contributed by atoms with van der Waals surface area (Å²) in [6.45, 7) is 1.05. The van der Waals surface area contributed by atoms with E-state index >= 15 is 0 Å². The van der Waals surface area contributed by atoms with E-state index in [0.717, 1.165) is 0 Å². The quantitative estimate of drug-likeness (QED) is 0.637. The molecular weight excluding hydrogens is 415 g/mol. The van der Waals surface area contributed by atoms with E-state index < -0.39 is 11.9 Å². The standard InChI is InChI=1S/C22H19FN6O3/c1-32-18-11-28(10-17(18)30)19-5-6-29(27-19)16-7-14(26-15-9-25-22(31)21(15)16)20-12(8-24)3-2-4-13(20)23/h2-7,17-18,30H,9-11H2,1H3,(H,25,31)/t17-,18+/m1/s1. The number of pyridine rings is 1. The van der Waals surface area contributed by atoms with Crippen molar-refractivity contribution >= 4 is 11.7 Å². The first-order valence-corrected chi connectivity index (χ1v) is 10.0. The van der Waals surface area contributed by atoms with Crippen molar-refractivity contribution in [2.75, 3.05) is 25.1 Å². The van der Waals surface area contributed by atoms with Crippen LogP contribution in [0.3, 0.4) is 0 Å². The van der Waals surface area contributed by atoms with E-state index in [4.69, 9.17) is 4.74 Å². The van der Waals surface area contributed by atoms with Gasteiger partial charge in [0.05, 0.1) is 52.5 Å². The Morgan fingerprint density at radius 1 is 1.31 bits per heavy atom. The maximum Gasteiger partial charge on any atom is 0.255 e. The highest BCUT2D eigenvalue weighted by Crippen LogP contribution is 2.32. The molecule has 4 heterocycles. The third-order valence-corrected chi connectivity index (χ3v) is 5.79.